The predicted octanol–water partition coefficient (Wildman–Crippen LogP) is -1.80. The molecule has 76 valence electrons. The van der Waals surface area contributed by atoms with Gasteiger partial charge in [0.1, 0.15) is 14.0 Å². The number of rotatable bonds is 3. The van der Waals surface area contributed by atoms with E-state index in [9.17, 15) is 9.67 Å². The summed E-state index contributed by atoms with van der Waals surface area (Å²) < 4.78 is 19.7. The molecule has 1 fully saturated rings. The van der Waals surface area contributed by atoms with Crippen LogP contribution in [0.5, 0.6) is 0 Å². The van der Waals surface area contributed by atoms with E-state index in [2.05, 4.69) is 4.52 Å². The largest absolute Gasteiger partial charge is 0.469 e. The number of phosphoric acid groups is 1. The van der Waals surface area contributed by atoms with Crippen LogP contribution in [-0.4, -0.2) is 47.6 Å². The van der Waals surface area contributed by atoms with Crippen LogP contribution in [0.2, 0.25) is 0 Å². The highest BCUT2D eigenvalue weighted by Crippen LogP contribution is 2.36. The van der Waals surface area contributed by atoms with Crippen molar-refractivity contribution in [3.05, 3.63) is 0 Å². The fraction of sp³-hybridized carbons (Fsp3) is 1.00. The molecule has 0 spiro atoms. The average Bonchev–Trinajstić information content (AvgIpc) is 2.24. The second kappa shape index (κ2) is 4.08. The van der Waals surface area contributed by atoms with Crippen LogP contribution in [0.1, 0.15) is 6.42 Å². The molecule has 0 radical (unpaired) electrons. The maximum absolute atomic E-state index is 10.3. The lowest BCUT2D eigenvalue weighted by Crippen LogP contribution is -2.26. The highest BCUT2D eigenvalue weighted by atomic mass is 31.2. The van der Waals surface area contributed by atoms with Crippen LogP contribution < -0.4 is 0 Å². The van der Waals surface area contributed by atoms with Crippen molar-refractivity contribution in [1.82, 2.24) is 0 Å². The molecule has 1 saturated heterocycles. The number of hydrogen-bond acceptors (Lipinski definition) is 4. The zero-order valence-corrected chi connectivity index (χ0v) is 8.05. The van der Waals surface area contributed by atoms with E-state index in [0.717, 1.165) is 0 Å². The lowest BCUT2D eigenvalue weighted by molar-refractivity contribution is -0.00422. The van der Waals surface area contributed by atoms with Crippen LogP contribution in [-0.2, 0) is 13.8 Å². The summed E-state index contributed by atoms with van der Waals surface area (Å²) in [6.07, 6.45) is -0.876. The number of phosphoric ester groups is 1. The predicted molar refractivity (Wildman–Crippen MR) is 45.8 cm³/mol. The van der Waals surface area contributed by atoms with Crippen molar-refractivity contribution in [3.8, 4) is 0 Å². The van der Waals surface area contributed by atoms with Crippen molar-refractivity contribution >= 4 is 15.7 Å². The number of ether oxygens (including phenoxy) is 1. The van der Waals surface area contributed by atoms with Crippen molar-refractivity contribution in [1.29, 1.82) is 0 Å². The molecule has 8 heteroatoms. The Morgan fingerprint density at radius 1 is 1.62 bits per heavy atom. The zero-order valence-electron chi connectivity index (χ0n) is 7.16. The molecule has 1 aliphatic heterocycles. The SMILES string of the molecule is B[C@H]1CC(O)[C@@H](COP(=O)(O)O)O1. The first-order valence-corrected chi connectivity index (χ1v) is 5.45. The van der Waals surface area contributed by atoms with E-state index in [4.69, 9.17) is 14.5 Å². The Morgan fingerprint density at radius 2 is 2.23 bits per heavy atom. The lowest BCUT2D eigenvalue weighted by Gasteiger charge is -2.14. The fourth-order valence-corrected chi connectivity index (χ4v) is 1.60. The molecule has 3 atom stereocenters. The monoisotopic (exact) mass is 210 g/mol. The molecule has 0 amide bonds. The minimum Gasteiger partial charge on any atom is -0.390 e. The van der Waals surface area contributed by atoms with Gasteiger partial charge >= 0.3 is 7.82 Å². The topological polar surface area (TPSA) is 96.2 Å². The summed E-state index contributed by atoms with van der Waals surface area (Å²) in [6, 6.07) is -0.0969. The minimum absolute atomic E-state index is 0.0969. The van der Waals surface area contributed by atoms with Crippen molar-refractivity contribution in [2.45, 2.75) is 24.6 Å². The van der Waals surface area contributed by atoms with E-state index in [-0.39, 0.29) is 12.6 Å². The van der Waals surface area contributed by atoms with Crippen LogP contribution in [0.3, 0.4) is 0 Å². The van der Waals surface area contributed by atoms with Gasteiger partial charge in [-0.3, -0.25) is 4.52 Å². The quantitative estimate of drug-likeness (QED) is 0.375. The van der Waals surface area contributed by atoms with E-state index in [1.165, 1.54) is 0 Å². The zero-order chi connectivity index (χ0) is 10.1. The molecule has 0 aromatic carbocycles. The molecule has 13 heavy (non-hydrogen) atoms. The maximum Gasteiger partial charge on any atom is 0.469 e. The van der Waals surface area contributed by atoms with E-state index in [1.54, 1.807) is 7.85 Å². The van der Waals surface area contributed by atoms with Crippen LogP contribution in [0.15, 0.2) is 0 Å². The molecule has 1 heterocycles. The molecular weight excluding hydrogens is 198 g/mol. The normalized spacial score (nSPS) is 35.2. The Hall–Kier alpha value is 0.0949. The molecule has 0 aliphatic carbocycles. The van der Waals surface area contributed by atoms with Gasteiger partial charge in [-0.05, 0) is 6.42 Å². The third kappa shape index (κ3) is 3.76. The van der Waals surface area contributed by atoms with Crippen LogP contribution in [0, 0.1) is 0 Å². The van der Waals surface area contributed by atoms with Gasteiger partial charge in [-0.2, -0.15) is 0 Å². The summed E-state index contributed by atoms with van der Waals surface area (Å²) in [5.74, 6) is 0. The van der Waals surface area contributed by atoms with Crippen molar-refractivity contribution in [2.75, 3.05) is 6.61 Å². The Bertz CT molecular complexity index is 217. The standard InChI is InChI=1S/C5H12BO6P/c6-5-1-3(7)4(12-5)2-11-13(8,9)10/h3-5,7H,1-2,6H2,(H2,8,9,10)/t3?,4-,5-/m1/s1. The van der Waals surface area contributed by atoms with E-state index < -0.39 is 20.0 Å². The van der Waals surface area contributed by atoms with Crippen molar-refractivity contribution in [3.63, 3.8) is 0 Å². The first-order valence-electron chi connectivity index (χ1n) is 3.92. The molecular formula is C5H12BO6P. The average molecular weight is 210 g/mol. The smallest absolute Gasteiger partial charge is 0.390 e. The maximum atomic E-state index is 10.3. The number of hydrogen-bond donors (Lipinski definition) is 3. The van der Waals surface area contributed by atoms with Gasteiger partial charge < -0.3 is 19.6 Å². The minimum atomic E-state index is -4.46. The summed E-state index contributed by atoms with van der Waals surface area (Å²) in [5, 5.41) is 9.30. The van der Waals surface area contributed by atoms with Crippen LogP contribution in [0.25, 0.3) is 0 Å². The van der Waals surface area contributed by atoms with Crippen LogP contribution >= 0.6 is 7.82 Å². The summed E-state index contributed by atoms with van der Waals surface area (Å²) in [6.45, 7) is -0.282. The molecule has 0 bridgehead atoms. The van der Waals surface area contributed by atoms with Crippen LogP contribution in [0.4, 0.5) is 0 Å². The highest BCUT2D eigenvalue weighted by molar-refractivity contribution is 7.46. The Labute approximate surface area is 76.5 Å². The number of aliphatic hydroxyl groups is 1. The summed E-state index contributed by atoms with van der Waals surface area (Å²) in [7, 11) is -2.68. The van der Waals surface area contributed by atoms with Gasteiger partial charge in [0.15, 0.2) is 0 Å². The molecule has 1 aliphatic rings. The fourth-order valence-electron chi connectivity index (χ4n) is 1.26. The van der Waals surface area contributed by atoms with Crippen molar-refractivity contribution < 1.29 is 28.7 Å². The second-order valence-corrected chi connectivity index (χ2v) is 4.31. The molecule has 1 unspecified atom stereocenters. The molecule has 0 saturated carbocycles. The molecule has 0 aromatic heterocycles. The summed E-state index contributed by atoms with van der Waals surface area (Å²) >= 11 is 0. The molecule has 1 rings (SSSR count). The Kier molecular flexibility index (Phi) is 3.51. The summed E-state index contributed by atoms with van der Waals surface area (Å²) in [4.78, 5) is 16.8. The van der Waals surface area contributed by atoms with Gasteiger partial charge in [0.05, 0.1) is 12.7 Å². The third-order valence-electron chi connectivity index (χ3n) is 1.82. The molecule has 6 nitrogen and oxygen atoms in total. The Balaban J connectivity index is 2.34. The van der Waals surface area contributed by atoms with Crippen molar-refractivity contribution in [2.24, 2.45) is 0 Å². The van der Waals surface area contributed by atoms with E-state index in [0.29, 0.717) is 6.42 Å². The second-order valence-electron chi connectivity index (χ2n) is 3.07. The van der Waals surface area contributed by atoms with Gasteiger partial charge in [-0.15, -0.1) is 0 Å². The van der Waals surface area contributed by atoms with E-state index >= 15 is 0 Å². The Morgan fingerprint density at radius 3 is 2.62 bits per heavy atom. The molecule has 0 aromatic rings. The van der Waals surface area contributed by atoms with Gasteiger partial charge in [-0.25, -0.2) is 4.57 Å². The highest BCUT2D eigenvalue weighted by Gasteiger charge is 2.32. The third-order valence-corrected chi connectivity index (χ3v) is 2.30. The van der Waals surface area contributed by atoms with Gasteiger partial charge in [0, 0.05) is 6.00 Å². The van der Waals surface area contributed by atoms with E-state index in [1.807, 2.05) is 0 Å². The lowest BCUT2D eigenvalue weighted by atomic mass is 9.96. The molecule has 3 N–H and O–H groups in total. The van der Waals surface area contributed by atoms with Gasteiger partial charge in [-0.1, -0.05) is 0 Å². The van der Waals surface area contributed by atoms with Gasteiger partial charge in [0.2, 0.25) is 0 Å². The summed E-state index contributed by atoms with van der Waals surface area (Å²) in [5.41, 5.74) is 0. The number of aliphatic hydroxyl groups excluding tert-OH is 1. The first-order chi connectivity index (χ1) is 5.88. The first kappa shape index (κ1) is 11.2. The van der Waals surface area contributed by atoms with Gasteiger partial charge in [0.25, 0.3) is 0 Å².